The Bertz CT molecular complexity index is 748. The van der Waals surface area contributed by atoms with E-state index in [1.165, 1.54) is 0 Å². The SMILES string of the molecule is CC(C)(C)OC(=O)NC(C[C@@H]1CCNC1=O)C(=O)COc1ccc(F)cc1F. The van der Waals surface area contributed by atoms with Gasteiger partial charge in [-0.3, -0.25) is 9.59 Å². The molecule has 28 heavy (non-hydrogen) atoms. The molecule has 1 unspecified atom stereocenters. The van der Waals surface area contributed by atoms with Crippen molar-refractivity contribution in [2.45, 2.75) is 45.3 Å². The summed E-state index contributed by atoms with van der Waals surface area (Å²) in [5.74, 6) is -3.20. The largest absolute Gasteiger partial charge is 0.483 e. The van der Waals surface area contributed by atoms with Gasteiger partial charge in [0.25, 0.3) is 0 Å². The Kier molecular flexibility index (Phi) is 6.93. The first kappa shape index (κ1) is 21.6. The summed E-state index contributed by atoms with van der Waals surface area (Å²) in [4.78, 5) is 36.5. The van der Waals surface area contributed by atoms with Gasteiger partial charge in [0.1, 0.15) is 18.0 Å². The summed E-state index contributed by atoms with van der Waals surface area (Å²) in [5.41, 5.74) is -0.768. The van der Waals surface area contributed by atoms with Crippen LogP contribution in [0.5, 0.6) is 5.75 Å². The lowest BCUT2D eigenvalue weighted by atomic mass is 9.96. The minimum absolute atomic E-state index is 0.0686. The molecule has 0 radical (unpaired) electrons. The second-order valence-corrected chi connectivity index (χ2v) is 7.54. The van der Waals surface area contributed by atoms with Gasteiger partial charge in [-0.05, 0) is 45.7 Å². The molecule has 154 valence electrons. The number of halogens is 2. The normalized spacial score (nSPS) is 17.6. The maximum Gasteiger partial charge on any atom is 0.408 e. The summed E-state index contributed by atoms with van der Waals surface area (Å²) in [6.45, 7) is 4.96. The summed E-state index contributed by atoms with van der Waals surface area (Å²) in [7, 11) is 0. The zero-order chi connectivity index (χ0) is 20.9. The van der Waals surface area contributed by atoms with Crippen LogP contribution in [0.15, 0.2) is 18.2 Å². The van der Waals surface area contributed by atoms with Gasteiger partial charge in [0.15, 0.2) is 17.3 Å². The number of benzene rings is 1. The van der Waals surface area contributed by atoms with Gasteiger partial charge in [0, 0.05) is 18.5 Å². The average molecular weight is 398 g/mol. The third-order valence-electron chi connectivity index (χ3n) is 4.03. The van der Waals surface area contributed by atoms with Crippen LogP contribution in [0.25, 0.3) is 0 Å². The van der Waals surface area contributed by atoms with Gasteiger partial charge in [-0.1, -0.05) is 0 Å². The van der Waals surface area contributed by atoms with E-state index < -0.39 is 47.7 Å². The Morgan fingerprint density at radius 1 is 1.32 bits per heavy atom. The van der Waals surface area contributed by atoms with Crippen LogP contribution < -0.4 is 15.4 Å². The number of ether oxygens (including phenoxy) is 2. The van der Waals surface area contributed by atoms with E-state index in [1.807, 2.05) is 0 Å². The number of alkyl carbamates (subject to hydrolysis) is 1. The molecule has 0 bridgehead atoms. The lowest BCUT2D eigenvalue weighted by Gasteiger charge is -2.24. The zero-order valence-electron chi connectivity index (χ0n) is 16.0. The standard InChI is InChI=1S/C19H24F2N2O5/c1-19(2,3)28-18(26)23-14(8-11-6-7-22-17(11)25)15(24)10-27-16-5-4-12(20)9-13(16)21/h4-5,9,11,14H,6-8,10H2,1-3H3,(H,22,25)(H,23,26)/t11-,14?/m0/s1. The first-order chi connectivity index (χ1) is 13.0. The Hall–Kier alpha value is -2.71. The number of rotatable bonds is 7. The van der Waals surface area contributed by atoms with Gasteiger partial charge in [0.05, 0.1) is 6.04 Å². The fraction of sp³-hybridized carbons (Fsp3) is 0.526. The third kappa shape index (κ3) is 6.47. The molecule has 9 heteroatoms. The fourth-order valence-corrected chi connectivity index (χ4v) is 2.72. The maximum atomic E-state index is 13.7. The molecule has 7 nitrogen and oxygen atoms in total. The molecule has 0 aliphatic carbocycles. The van der Waals surface area contributed by atoms with Gasteiger partial charge >= 0.3 is 6.09 Å². The Labute approximate surface area is 161 Å². The highest BCUT2D eigenvalue weighted by Crippen LogP contribution is 2.20. The highest BCUT2D eigenvalue weighted by Gasteiger charge is 2.32. The molecule has 1 aliphatic heterocycles. The molecule has 2 rings (SSSR count). The molecule has 1 aliphatic rings. The Morgan fingerprint density at radius 3 is 2.61 bits per heavy atom. The second kappa shape index (κ2) is 8.99. The van der Waals surface area contributed by atoms with Crippen molar-refractivity contribution >= 4 is 17.8 Å². The first-order valence-electron chi connectivity index (χ1n) is 8.93. The molecular formula is C19H24F2N2O5. The lowest BCUT2D eigenvalue weighted by Crippen LogP contribution is -2.46. The van der Waals surface area contributed by atoms with E-state index in [4.69, 9.17) is 9.47 Å². The van der Waals surface area contributed by atoms with Crippen LogP contribution in [0.3, 0.4) is 0 Å². The van der Waals surface area contributed by atoms with Crippen LogP contribution in [-0.4, -0.2) is 42.6 Å². The van der Waals surface area contributed by atoms with Crippen LogP contribution in [0.2, 0.25) is 0 Å². The van der Waals surface area contributed by atoms with Gasteiger partial charge in [-0.15, -0.1) is 0 Å². The van der Waals surface area contributed by atoms with E-state index in [2.05, 4.69) is 10.6 Å². The van der Waals surface area contributed by atoms with Crippen molar-refractivity contribution in [1.82, 2.24) is 10.6 Å². The molecule has 1 aromatic rings. The van der Waals surface area contributed by atoms with Crippen molar-refractivity contribution in [2.24, 2.45) is 5.92 Å². The fourth-order valence-electron chi connectivity index (χ4n) is 2.72. The lowest BCUT2D eigenvalue weighted by molar-refractivity contribution is -0.125. The highest BCUT2D eigenvalue weighted by atomic mass is 19.1. The van der Waals surface area contributed by atoms with E-state index in [1.54, 1.807) is 20.8 Å². The number of carbonyl (C=O) groups is 3. The molecule has 2 atom stereocenters. The van der Waals surface area contributed by atoms with E-state index in [0.29, 0.717) is 19.0 Å². The molecule has 1 heterocycles. The van der Waals surface area contributed by atoms with Crippen LogP contribution in [-0.2, 0) is 14.3 Å². The van der Waals surface area contributed by atoms with E-state index in [0.717, 1.165) is 12.1 Å². The predicted molar refractivity (Wildman–Crippen MR) is 95.8 cm³/mol. The van der Waals surface area contributed by atoms with Crippen LogP contribution in [0, 0.1) is 17.6 Å². The zero-order valence-corrected chi connectivity index (χ0v) is 16.0. The monoisotopic (exact) mass is 398 g/mol. The summed E-state index contributed by atoms with van der Waals surface area (Å²) in [6, 6.07) is 1.66. The number of hydrogen-bond acceptors (Lipinski definition) is 5. The summed E-state index contributed by atoms with van der Waals surface area (Å²) in [5, 5.41) is 5.12. The number of ketones is 1. The molecule has 1 fully saturated rings. The van der Waals surface area contributed by atoms with Gasteiger partial charge in [-0.25, -0.2) is 13.6 Å². The van der Waals surface area contributed by atoms with Crippen LogP contribution >= 0.6 is 0 Å². The predicted octanol–water partition coefficient (Wildman–Crippen LogP) is 2.33. The quantitative estimate of drug-likeness (QED) is 0.735. The average Bonchev–Trinajstić information content (AvgIpc) is 2.96. The molecule has 1 aromatic carbocycles. The molecule has 2 amide bonds. The number of nitrogens with one attached hydrogen (secondary N) is 2. The van der Waals surface area contributed by atoms with Crippen molar-refractivity contribution in [3.8, 4) is 5.75 Å². The van der Waals surface area contributed by atoms with Gasteiger partial charge in [-0.2, -0.15) is 0 Å². The Morgan fingerprint density at radius 2 is 2.04 bits per heavy atom. The minimum atomic E-state index is -1.05. The van der Waals surface area contributed by atoms with Gasteiger partial charge < -0.3 is 20.1 Å². The number of carbonyl (C=O) groups excluding carboxylic acids is 3. The molecule has 2 N–H and O–H groups in total. The molecular weight excluding hydrogens is 374 g/mol. The van der Waals surface area contributed by atoms with Crippen molar-refractivity contribution in [3.63, 3.8) is 0 Å². The molecule has 1 saturated heterocycles. The summed E-state index contributed by atoms with van der Waals surface area (Å²) >= 11 is 0. The Balaban J connectivity index is 2.04. The van der Waals surface area contributed by atoms with Gasteiger partial charge in [0.2, 0.25) is 5.91 Å². The topological polar surface area (TPSA) is 93.7 Å². The number of Topliss-reactive ketones (excluding diaryl/α,β-unsaturated/α-hetero) is 1. The first-order valence-corrected chi connectivity index (χ1v) is 8.93. The van der Waals surface area contributed by atoms with E-state index in [-0.39, 0.29) is 18.1 Å². The molecule has 0 spiro atoms. The van der Waals surface area contributed by atoms with E-state index in [9.17, 15) is 23.2 Å². The van der Waals surface area contributed by atoms with Crippen molar-refractivity contribution < 1.29 is 32.6 Å². The molecule has 0 aromatic heterocycles. The van der Waals surface area contributed by atoms with E-state index >= 15 is 0 Å². The minimum Gasteiger partial charge on any atom is -0.483 e. The number of amides is 2. The van der Waals surface area contributed by atoms with Crippen molar-refractivity contribution in [1.29, 1.82) is 0 Å². The number of hydrogen-bond donors (Lipinski definition) is 2. The van der Waals surface area contributed by atoms with Crippen LogP contribution in [0.1, 0.15) is 33.6 Å². The van der Waals surface area contributed by atoms with Crippen molar-refractivity contribution in [2.75, 3.05) is 13.2 Å². The van der Waals surface area contributed by atoms with Crippen molar-refractivity contribution in [3.05, 3.63) is 29.8 Å². The summed E-state index contributed by atoms with van der Waals surface area (Å²) in [6.07, 6.45) is -0.206. The highest BCUT2D eigenvalue weighted by molar-refractivity contribution is 5.90. The summed E-state index contributed by atoms with van der Waals surface area (Å²) < 4.78 is 36.9. The smallest absolute Gasteiger partial charge is 0.408 e. The second-order valence-electron chi connectivity index (χ2n) is 7.54. The third-order valence-corrected chi connectivity index (χ3v) is 4.03. The maximum absolute atomic E-state index is 13.7. The molecule has 0 saturated carbocycles. The van der Waals surface area contributed by atoms with Crippen LogP contribution in [0.4, 0.5) is 13.6 Å².